The number of rotatable bonds is 4. The van der Waals surface area contributed by atoms with E-state index in [-0.39, 0.29) is 35.2 Å². The summed E-state index contributed by atoms with van der Waals surface area (Å²) < 4.78 is 41.1. The van der Waals surface area contributed by atoms with Gasteiger partial charge in [0.25, 0.3) is 11.8 Å². The molecule has 0 bridgehead atoms. The van der Waals surface area contributed by atoms with Crippen LogP contribution in [0.4, 0.5) is 13.2 Å². The van der Waals surface area contributed by atoms with Crippen LogP contribution in [0.25, 0.3) is 0 Å². The van der Waals surface area contributed by atoms with Crippen LogP contribution in [0, 0.1) is 17.5 Å². The first-order chi connectivity index (χ1) is 14.9. The topological polar surface area (TPSA) is 71.0 Å². The van der Waals surface area contributed by atoms with Gasteiger partial charge in [0.1, 0.15) is 17.5 Å². The molecule has 1 fully saturated rings. The van der Waals surface area contributed by atoms with Crippen molar-refractivity contribution in [3.63, 3.8) is 0 Å². The van der Waals surface area contributed by atoms with Gasteiger partial charge in [0.2, 0.25) is 6.10 Å². The number of piperidine rings is 1. The monoisotopic (exact) mass is 431 g/mol. The van der Waals surface area contributed by atoms with Crippen LogP contribution in [0.5, 0.6) is 0 Å². The molecule has 0 spiro atoms. The fourth-order valence-corrected chi connectivity index (χ4v) is 3.74. The standard InChI is InChI=1S/C22H20F3N3O3/c23-13-5-6-18(25)16(11-13)19-12-20(31-27-19)22(30)28-9-7-14(8-10-28)26-21(29)15-3-1-2-4-17(15)24/h1-6,11,14,20H,7-10,12H2,(H,26,29). The summed E-state index contributed by atoms with van der Waals surface area (Å²) in [4.78, 5) is 31.8. The summed E-state index contributed by atoms with van der Waals surface area (Å²) in [6.45, 7) is 0.759. The number of nitrogens with one attached hydrogen (secondary N) is 1. The molecule has 1 unspecified atom stereocenters. The van der Waals surface area contributed by atoms with E-state index in [9.17, 15) is 22.8 Å². The number of hydrogen-bond acceptors (Lipinski definition) is 4. The van der Waals surface area contributed by atoms with Crippen LogP contribution in [0.3, 0.4) is 0 Å². The van der Waals surface area contributed by atoms with Gasteiger partial charge in [-0.25, -0.2) is 13.2 Å². The Morgan fingerprint density at radius 2 is 1.77 bits per heavy atom. The number of carbonyl (C=O) groups is 2. The molecule has 0 saturated carbocycles. The average Bonchev–Trinajstić information content (AvgIpc) is 3.26. The molecule has 2 amide bonds. The molecule has 1 saturated heterocycles. The van der Waals surface area contributed by atoms with Gasteiger partial charge in [-0.15, -0.1) is 0 Å². The summed E-state index contributed by atoms with van der Waals surface area (Å²) in [6.07, 6.45) is 0.154. The quantitative estimate of drug-likeness (QED) is 0.809. The molecule has 1 N–H and O–H groups in total. The molecule has 2 aromatic rings. The van der Waals surface area contributed by atoms with Gasteiger partial charge in [-0.1, -0.05) is 17.3 Å². The predicted molar refractivity (Wildman–Crippen MR) is 106 cm³/mol. The summed E-state index contributed by atoms with van der Waals surface area (Å²) in [6, 6.07) is 8.59. The van der Waals surface area contributed by atoms with Crippen LogP contribution in [0.2, 0.25) is 0 Å². The molecule has 0 aromatic heterocycles. The van der Waals surface area contributed by atoms with Crippen LogP contribution in [0.15, 0.2) is 47.6 Å². The van der Waals surface area contributed by atoms with Gasteiger partial charge in [-0.2, -0.15) is 0 Å². The lowest BCUT2D eigenvalue weighted by Gasteiger charge is -2.33. The van der Waals surface area contributed by atoms with E-state index in [0.717, 1.165) is 18.2 Å². The number of carbonyl (C=O) groups excluding carboxylic acids is 2. The molecule has 0 aliphatic carbocycles. The van der Waals surface area contributed by atoms with Gasteiger partial charge in [0.15, 0.2) is 0 Å². The van der Waals surface area contributed by atoms with Crippen LogP contribution < -0.4 is 5.32 Å². The van der Waals surface area contributed by atoms with Gasteiger partial charge < -0.3 is 15.1 Å². The fraction of sp³-hybridized carbons (Fsp3) is 0.318. The molecule has 4 rings (SSSR count). The highest BCUT2D eigenvalue weighted by Crippen LogP contribution is 2.23. The minimum Gasteiger partial charge on any atom is -0.382 e. The SMILES string of the molecule is O=C(NC1CCN(C(=O)C2CC(c3cc(F)ccc3F)=NO2)CC1)c1ccccc1F. The summed E-state index contributed by atoms with van der Waals surface area (Å²) in [7, 11) is 0. The van der Waals surface area contributed by atoms with Crippen molar-refractivity contribution in [2.45, 2.75) is 31.4 Å². The van der Waals surface area contributed by atoms with E-state index in [4.69, 9.17) is 4.84 Å². The van der Waals surface area contributed by atoms with E-state index in [1.807, 2.05) is 0 Å². The Labute approximate surface area is 176 Å². The fourth-order valence-electron chi connectivity index (χ4n) is 3.74. The zero-order chi connectivity index (χ0) is 22.0. The average molecular weight is 431 g/mol. The third kappa shape index (κ3) is 4.55. The van der Waals surface area contributed by atoms with Crippen molar-refractivity contribution < 1.29 is 27.6 Å². The minimum absolute atomic E-state index is 0.0189. The second-order valence-electron chi connectivity index (χ2n) is 7.51. The Bertz CT molecular complexity index is 1040. The predicted octanol–water partition coefficient (Wildman–Crippen LogP) is 3.02. The van der Waals surface area contributed by atoms with Gasteiger partial charge in [0.05, 0.1) is 11.3 Å². The lowest BCUT2D eigenvalue weighted by atomic mass is 10.0. The van der Waals surface area contributed by atoms with E-state index in [2.05, 4.69) is 10.5 Å². The maximum absolute atomic E-state index is 13.9. The molecule has 162 valence electrons. The largest absolute Gasteiger partial charge is 0.382 e. The van der Waals surface area contributed by atoms with Crippen molar-refractivity contribution in [1.29, 1.82) is 0 Å². The number of amides is 2. The zero-order valence-corrected chi connectivity index (χ0v) is 16.5. The highest BCUT2D eigenvalue weighted by molar-refractivity contribution is 6.04. The highest BCUT2D eigenvalue weighted by Gasteiger charge is 2.35. The maximum Gasteiger partial charge on any atom is 0.266 e. The molecule has 2 aliphatic heterocycles. The Balaban J connectivity index is 1.30. The van der Waals surface area contributed by atoms with E-state index >= 15 is 0 Å². The van der Waals surface area contributed by atoms with Crippen molar-refractivity contribution in [2.75, 3.05) is 13.1 Å². The lowest BCUT2D eigenvalue weighted by Crippen LogP contribution is -2.49. The van der Waals surface area contributed by atoms with E-state index in [1.165, 1.54) is 18.2 Å². The van der Waals surface area contributed by atoms with Crippen molar-refractivity contribution in [3.05, 3.63) is 71.0 Å². The summed E-state index contributed by atoms with van der Waals surface area (Å²) in [5.41, 5.74) is 0.141. The summed E-state index contributed by atoms with van der Waals surface area (Å²) in [5, 5.41) is 6.57. The number of halogens is 3. The van der Waals surface area contributed by atoms with E-state index < -0.39 is 29.5 Å². The minimum atomic E-state index is -0.901. The molecule has 2 aromatic carbocycles. The first-order valence-electron chi connectivity index (χ1n) is 9.94. The van der Waals surface area contributed by atoms with Crippen LogP contribution in [0.1, 0.15) is 35.2 Å². The molecule has 0 radical (unpaired) electrons. The Hall–Kier alpha value is -3.36. The smallest absolute Gasteiger partial charge is 0.266 e. The van der Waals surface area contributed by atoms with Crippen molar-refractivity contribution >= 4 is 17.5 Å². The molecule has 2 aliphatic rings. The molecular formula is C22H20F3N3O3. The summed E-state index contributed by atoms with van der Waals surface area (Å²) >= 11 is 0. The second-order valence-corrected chi connectivity index (χ2v) is 7.51. The number of likely N-dealkylation sites (tertiary alicyclic amines) is 1. The van der Waals surface area contributed by atoms with Gasteiger partial charge in [-0.05, 0) is 43.2 Å². The first kappa shape index (κ1) is 20.9. The third-order valence-corrected chi connectivity index (χ3v) is 5.44. The van der Waals surface area contributed by atoms with Crippen LogP contribution in [-0.4, -0.2) is 47.7 Å². The zero-order valence-electron chi connectivity index (χ0n) is 16.5. The first-order valence-corrected chi connectivity index (χ1v) is 9.94. The van der Waals surface area contributed by atoms with Crippen molar-refractivity contribution in [2.24, 2.45) is 5.16 Å². The molecular weight excluding hydrogens is 411 g/mol. The summed E-state index contributed by atoms with van der Waals surface area (Å²) in [5.74, 6) is -2.61. The van der Waals surface area contributed by atoms with Gasteiger partial charge >= 0.3 is 0 Å². The lowest BCUT2D eigenvalue weighted by molar-refractivity contribution is -0.143. The highest BCUT2D eigenvalue weighted by atomic mass is 19.1. The van der Waals surface area contributed by atoms with Crippen molar-refractivity contribution in [1.82, 2.24) is 10.2 Å². The maximum atomic E-state index is 13.9. The Morgan fingerprint density at radius 1 is 1.03 bits per heavy atom. The third-order valence-electron chi connectivity index (χ3n) is 5.44. The number of nitrogens with zero attached hydrogens (tertiary/aromatic N) is 2. The normalized spacial score (nSPS) is 19.0. The molecule has 9 heteroatoms. The van der Waals surface area contributed by atoms with Gasteiger partial charge in [0, 0.05) is 31.1 Å². The number of benzene rings is 2. The van der Waals surface area contributed by atoms with Crippen molar-refractivity contribution in [3.8, 4) is 0 Å². The molecule has 6 nitrogen and oxygen atoms in total. The second kappa shape index (κ2) is 8.79. The van der Waals surface area contributed by atoms with Crippen LogP contribution in [-0.2, 0) is 9.63 Å². The van der Waals surface area contributed by atoms with E-state index in [1.54, 1.807) is 11.0 Å². The molecule has 31 heavy (non-hydrogen) atoms. The number of oxime groups is 1. The van der Waals surface area contributed by atoms with E-state index in [0.29, 0.717) is 25.9 Å². The molecule has 1 atom stereocenters. The molecule has 2 heterocycles. The Kier molecular flexibility index (Phi) is 5.92. The van der Waals surface area contributed by atoms with Crippen LogP contribution >= 0.6 is 0 Å². The number of hydrogen-bond donors (Lipinski definition) is 1. The van der Waals surface area contributed by atoms with Gasteiger partial charge in [-0.3, -0.25) is 9.59 Å². The Morgan fingerprint density at radius 3 is 2.52 bits per heavy atom.